The molecule has 3 heterocycles. The number of phenolic OH excluding ortho intramolecular Hbond substituents is 2. The highest BCUT2D eigenvalue weighted by Gasteiger charge is 2.47. The molecular formula is C27H30O16. The lowest BCUT2D eigenvalue weighted by molar-refractivity contribution is -0.278. The van der Waals surface area contributed by atoms with Crippen LogP contribution in [0.2, 0.25) is 0 Å². The molecule has 2 fully saturated rings. The first-order valence-corrected chi connectivity index (χ1v) is 13.0. The fraction of sp³-hybridized carbons (Fsp3) is 0.444. The van der Waals surface area contributed by atoms with E-state index in [2.05, 4.69) is 0 Å². The van der Waals surface area contributed by atoms with Crippen molar-refractivity contribution >= 4 is 11.9 Å². The van der Waals surface area contributed by atoms with Gasteiger partial charge in [0.15, 0.2) is 17.3 Å². The Morgan fingerprint density at radius 2 is 1.30 bits per heavy atom. The molecule has 0 spiro atoms. The van der Waals surface area contributed by atoms with Crippen molar-refractivity contribution in [2.45, 2.75) is 61.4 Å². The second kappa shape index (κ2) is 12.2. The van der Waals surface area contributed by atoms with Crippen LogP contribution in [0.15, 0.2) is 36.1 Å². The summed E-state index contributed by atoms with van der Waals surface area (Å²) in [4.78, 5) is 13.4. The number of hydrogen-bond acceptors (Lipinski definition) is 16. The van der Waals surface area contributed by atoms with E-state index in [0.717, 1.165) is 6.07 Å². The molecule has 234 valence electrons. The van der Waals surface area contributed by atoms with Gasteiger partial charge in [0.25, 0.3) is 0 Å². The first kappa shape index (κ1) is 30.9. The number of allylic oxidation sites excluding steroid dienone is 1. The third-order valence-corrected chi connectivity index (χ3v) is 7.20. The largest absolute Gasteiger partial charge is 0.504 e. The van der Waals surface area contributed by atoms with E-state index in [9.17, 15) is 55.9 Å². The number of ketones is 1. The lowest BCUT2D eigenvalue weighted by atomic mass is 9.99. The Labute approximate surface area is 242 Å². The smallest absolute Gasteiger partial charge is 0.235 e. The highest BCUT2D eigenvalue weighted by Crippen LogP contribution is 2.43. The van der Waals surface area contributed by atoms with Crippen molar-refractivity contribution in [1.29, 1.82) is 0 Å². The maximum atomic E-state index is 13.4. The normalized spacial score (nSPS) is 35.0. The minimum atomic E-state index is -1.85. The number of carbonyl (C=O) groups is 1. The van der Waals surface area contributed by atoms with E-state index in [1.165, 1.54) is 30.3 Å². The van der Waals surface area contributed by atoms with Crippen molar-refractivity contribution in [2.75, 3.05) is 13.2 Å². The SMILES string of the molecule is O=C1C(=Cc2ccc(O)c(O)c2)Oc2cc(O[C@@H]3OC(CO)[C@@H](O)[C@H](O)C3O)cc(O[C@@H]3OC(CO)[C@@H](O)[C@H](O)C3O)c21. The summed E-state index contributed by atoms with van der Waals surface area (Å²) < 4.78 is 27.9. The van der Waals surface area contributed by atoms with Crippen LogP contribution in [0.1, 0.15) is 15.9 Å². The van der Waals surface area contributed by atoms with E-state index in [4.69, 9.17) is 23.7 Å². The van der Waals surface area contributed by atoms with E-state index in [1.54, 1.807) is 0 Å². The van der Waals surface area contributed by atoms with Crippen LogP contribution in [-0.4, -0.2) is 131 Å². The standard InChI is InChI=1S/C27H30O16/c28-7-16-20(33)22(35)24(37)26(42-16)39-10-5-13-18(19(32)15(40-13)4-9-1-2-11(30)12(31)3-9)14(6-10)41-27-25(38)23(36)21(34)17(8-29)43-27/h1-6,16-17,20-31,33-38H,7-8H2/t16?,17?,20-,21-,22+,23+,24?,25?,26-,27-/m1/s1. The molecule has 0 bridgehead atoms. The molecule has 0 aliphatic carbocycles. The number of fused-ring (bicyclic) bond motifs is 1. The van der Waals surface area contributed by atoms with E-state index >= 15 is 0 Å². The van der Waals surface area contributed by atoms with E-state index in [0.29, 0.717) is 0 Å². The summed E-state index contributed by atoms with van der Waals surface area (Å²) in [5.74, 6) is -2.58. The van der Waals surface area contributed by atoms with Crippen molar-refractivity contribution in [3.8, 4) is 28.7 Å². The zero-order valence-corrected chi connectivity index (χ0v) is 22.1. The highest BCUT2D eigenvalue weighted by molar-refractivity contribution is 6.16. The average Bonchev–Trinajstić information content (AvgIpc) is 3.29. The van der Waals surface area contributed by atoms with Gasteiger partial charge in [-0.05, 0) is 23.8 Å². The van der Waals surface area contributed by atoms with Gasteiger partial charge in [-0.1, -0.05) is 6.07 Å². The topological polar surface area (TPSA) is 266 Å². The number of hydrogen-bond donors (Lipinski definition) is 10. The molecule has 10 atom stereocenters. The Bertz CT molecular complexity index is 1370. The third kappa shape index (κ3) is 5.85. The molecule has 16 nitrogen and oxygen atoms in total. The van der Waals surface area contributed by atoms with Crippen LogP contribution < -0.4 is 14.2 Å². The molecular weight excluding hydrogens is 580 g/mol. The molecule has 2 aromatic carbocycles. The maximum Gasteiger partial charge on any atom is 0.235 e. The Hall–Kier alpha value is -3.55. The molecule has 2 saturated heterocycles. The molecule has 10 N–H and O–H groups in total. The van der Waals surface area contributed by atoms with Gasteiger partial charge in [0.2, 0.25) is 18.4 Å². The third-order valence-electron chi connectivity index (χ3n) is 7.20. The van der Waals surface area contributed by atoms with Crippen LogP contribution in [-0.2, 0) is 9.47 Å². The molecule has 3 aliphatic heterocycles. The zero-order valence-electron chi connectivity index (χ0n) is 22.1. The first-order valence-electron chi connectivity index (χ1n) is 13.0. The molecule has 0 saturated carbocycles. The Morgan fingerprint density at radius 3 is 1.86 bits per heavy atom. The maximum absolute atomic E-state index is 13.4. The summed E-state index contributed by atoms with van der Waals surface area (Å²) in [5.41, 5.74) is 0.0491. The van der Waals surface area contributed by atoms with Crippen molar-refractivity contribution in [3.05, 3.63) is 47.2 Å². The molecule has 5 rings (SSSR count). The molecule has 2 aromatic rings. The van der Waals surface area contributed by atoms with Crippen LogP contribution in [0, 0.1) is 0 Å². The van der Waals surface area contributed by atoms with Gasteiger partial charge >= 0.3 is 0 Å². The summed E-state index contributed by atoms with van der Waals surface area (Å²) in [6.45, 7) is -1.48. The van der Waals surface area contributed by atoms with Crippen LogP contribution >= 0.6 is 0 Å². The van der Waals surface area contributed by atoms with Gasteiger partial charge in [0.1, 0.15) is 71.6 Å². The number of phenols is 2. The molecule has 43 heavy (non-hydrogen) atoms. The van der Waals surface area contributed by atoms with Crippen molar-refractivity contribution in [1.82, 2.24) is 0 Å². The summed E-state index contributed by atoms with van der Waals surface area (Å²) >= 11 is 0. The van der Waals surface area contributed by atoms with Gasteiger partial charge in [-0.3, -0.25) is 4.79 Å². The predicted molar refractivity (Wildman–Crippen MR) is 138 cm³/mol. The second-order valence-electron chi connectivity index (χ2n) is 10.1. The molecule has 3 aliphatic rings. The van der Waals surface area contributed by atoms with Gasteiger partial charge in [0.05, 0.1) is 13.2 Å². The fourth-order valence-electron chi connectivity index (χ4n) is 4.78. The quantitative estimate of drug-likeness (QED) is 0.111. The number of ether oxygens (including phenoxy) is 5. The number of aromatic hydroxyl groups is 2. The zero-order chi connectivity index (χ0) is 31.2. The second-order valence-corrected chi connectivity index (χ2v) is 10.1. The van der Waals surface area contributed by atoms with Crippen molar-refractivity contribution < 1.29 is 79.5 Å². The minimum absolute atomic E-state index is 0.166. The Kier molecular flexibility index (Phi) is 8.77. The fourth-order valence-corrected chi connectivity index (χ4v) is 4.78. The first-order chi connectivity index (χ1) is 20.4. The number of carbonyl (C=O) groups excluding carboxylic acids is 1. The van der Waals surface area contributed by atoms with Crippen LogP contribution in [0.4, 0.5) is 0 Å². The van der Waals surface area contributed by atoms with Crippen molar-refractivity contribution in [2.24, 2.45) is 0 Å². The van der Waals surface area contributed by atoms with Crippen molar-refractivity contribution in [3.63, 3.8) is 0 Å². The molecule has 0 aromatic heterocycles. The van der Waals surface area contributed by atoms with E-state index in [-0.39, 0.29) is 34.1 Å². The lowest BCUT2D eigenvalue weighted by Gasteiger charge is -2.40. The Morgan fingerprint density at radius 1 is 0.721 bits per heavy atom. The van der Waals surface area contributed by atoms with E-state index in [1.807, 2.05) is 0 Å². The summed E-state index contributed by atoms with van der Waals surface area (Å²) in [6.07, 6.45) is -15.3. The van der Waals surface area contributed by atoms with Crippen LogP contribution in [0.5, 0.6) is 28.7 Å². The van der Waals surface area contributed by atoms with Gasteiger partial charge in [0, 0.05) is 12.1 Å². The highest BCUT2D eigenvalue weighted by atomic mass is 16.7. The molecule has 16 heteroatoms. The number of aliphatic hydroxyl groups excluding tert-OH is 8. The number of aliphatic hydroxyl groups is 8. The number of Topliss-reactive ketones (excluding diaryl/α,β-unsaturated/α-hetero) is 1. The number of benzene rings is 2. The predicted octanol–water partition coefficient (Wildman–Crippen LogP) is -2.93. The van der Waals surface area contributed by atoms with Gasteiger partial charge in [-0.2, -0.15) is 0 Å². The van der Waals surface area contributed by atoms with Crippen LogP contribution in [0.25, 0.3) is 6.08 Å². The van der Waals surface area contributed by atoms with Crippen LogP contribution in [0.3, 0.4) is 0 Å². The Balaban J connectivity index is 1.51. The minimum Gasteiger partial charge on any atom is -0.504 e. The molecule has 4 unspecified atom stereocenters. The number of rotatable bonds is 7. The van der Waals surface area contributed by atoms with Gasteiger partial charge in [-0.15, -0.1) is 0 Å². The summed E-state index contributed by atoms with van der Waals surface area (Å²) in [5, 5.41) is 99.8. The molecule has 0 amide bonds. The molecule has 0 radical (unpaired) electrons. The average molecular weight is 611 g/mol. The van der Waals surface area contributed by atoms with E-state index < -0.39 is 91.9 Å². The van der Waals surface area contributed by atoms with Gasteiger partial charge < -0.3 is 74.7 Å². The lowest BCUT2D eigenvalue weighted by Crippen LogP contribution is -2.60. The summed E-state index contributed by atoms with van der Waals surface area (Å²) in [6, 6.07) is 6.05. The van der Waals surface area contributed by atoms with Gasteiger partial charge in [-0.25, -0.2) is 0 Å². The summed E-state index contributed by atoms with van der Waals surface area (Å²) in [7, 11) is 0. The monoisotopic (exact) mass is 610 g/mol.